The first-order valence-electron chi connectivity index (χ1n) is 4.34. The van der Waals surface area contributed by atoms with Gasteiger partial charge in [-0.1, -0.05) is 13.8 Å². The smallest absolute Gasteiger partial charge is 0.0798 e. The van der Waals surface area contributed by atoms with Crippen LogP contribution in [0.4, 0.5) is 0 Å². The Morgan fingerprint density at radius 1 is 1.46 bits per heavy atom. The molecule has 3 heteroatoms. The van der Waals surface area contributed by atoms with E-state index in [2.05, 4.69) is 36.1 Å². The van der Waals surface area contributed by atoms with E-state index < -0.39 is 0 Å². The Morgan fingerprint density at radius 3 is 2.85 bits per heavy atom. The molecule has 0 aromatic carbocycles. The fourth-order valence-corrected chi connectivity index (χ4v) is 1.84. The molecule has 0 radical (unpaired) electrons. The average Bonchev–Trinajstić information content (AvgIpc) is 2.75. The lowest BCUT2D eigenvalue weighted by Gasteiger charge is -1.96. The first-order chi connectivity index (χ1) is 6.27. The van der Waals surface area contributed by atoms with Gasteiger partial charge in [-0.25, -0.2) is 0 Å². The molecule has 1 N–H and O–H groups in total. The van der Waals surface area contributed by atoms with Gasteiger partial charge < -0.3 is 4.98 Å². The standard InChI is InChI=1S/C10H12N2S/c1-7(2)8-3-9(12-4-8)10-5-11-6-13-10/h3-7,12H,1-2H3. The lowest BCUT2D eigenvalue weighted by molar-refractivity contribution is 0.869. The van der Waals surface area contributed by atoms with Gasteiger partial charge in [0.1, 0.15) is 0 Å². The van der Waals surface area contributed by atoms with Crippen molar-refractivity contribution in [1.29, 1.82) is 0 Å². The van der Waals surface area contributed by atoms with Crippen molar-refractivity contribution in [1.82, 2.24) is 9.97 Å². The second kappa shape index (κ2) is 3.34. The van der Waals surface area contributed by atoms with E-state index in [-0.39, 0.29) is 0 Å². The van der Waals surface area contributed by atoms with Gasteiger partial charge in [-0.05, 0) is 17.5 Å². The highest BCUT2D eigenvalue weighted by Gasteiger charge is 2.05. The lowest BCUT2D eigenvalue weighted by Crippen LogP contribution is -1.80. The van der Waals surface area contributed by atoms with E-state index in [9.17, 15) is 0 Å². The first-order valence-corrected chi connectivity index (χ1v) is 5.22. The van der Waals surface area contributed by atoms with Gasteiger partial charge in [0.15, 0.2) is 0 Å². The van der Waals surface area contributed by atoms with E-state index in [0.717, 1.165) is 0 Å². The maximum atomic E-state index is 4.05. The highest BCUT2D eigenvalue weighted by molar-refractivity contribution is 7.13. The van der Waals surface area contributed by atoms with Gasteiger partial charge >= 0.3 is 0 Å². The van der Waals surface area contributed by atoms with Crippen molar-refractivity contribution in [3.05, 3.63) is 29.5 Å². The van der Waals surface area contributed by atoms with Crippen molar-refractivity contribution in [3.8, 4) is 10.6 Å². The van der Waals surface area contributed by atoms with Gasteiger partial charge in [0.25, 0.3) is 0 Å². The van der Waals surface area contributed by atoms with Crippen LogP contribution in [0.2, 0.25) is 0 Å². The molecular formula is C10H12N2S. The third-order valence-corrected chi connectivity index (χ3v) is 2.88. The normalized spacial score (nSPS) is 11.0. The molecule has 0 aliphatic heterocycles. The zero-order chi connectivity index (χ0) is 9.26. The second-order valence-corrected chi connectivity index (χ2v) is 4.25. The summed E-state index contributed by atoms with van der Waals surface area (Å²) in [7, 11) is 0. The Labute approximate surface area is 81.7 Å². The van der Waals surface area contributed by atoms with E-state index in [1.807, 2.05) is 11.7 Å². The second-order valence-electron chi connectivity index (χ2n) is 3.37. The minimum absolute atomic E-state index is 0.581. The summed E-state index contributed by atoms with van der Waals surface area (Å²) in [5.41, 5.74) is 4.38. The Morgan fingerprint density at radius 2 is 2.31 bits per heavy atom. The van der Waals surface area contributed by atoms with E-state index in [4.69, 9.17) is 0 Å². The monoisotopic (exact) mass is 192 g/mol. The minimum atomic E-state index is 0.581. The Hall–Kier alpha value is -1.09. The zero-order valence-corrected chi connectivity index (χ0v) is 8.56. The fourth-order valence-electron chi connectivity index (χ4n) is 1.24. The number of thiazole rings is 1. The largest absolute Gasteiger partial charge is 0.360 e. The molecule has 2 aromatic rings. The molecule has 0 atom stereocenters. The molecule has 0 bridgehead atoms. The number of aromatic nitrogens is 2. The summed E-state index contributed by atoms with van der Waals surface area (Å²) in [6, 6.07) is 2.19. The van der Waals surface area contributed by atoms with Crippen LogP contribution in [0.25, 0.3) is 10.6 Å². The van der Waals surface area contributed by atoms with Gasteiger partial charge in [-0.3, -0.25) is 4.98 Å². The molecule has 0 unspecified atom stereocenters. The van der Waals surface area contributed by atoms with Crippen molar-refractivity contribution in [2.24, 2.45) is 0 Å². The third kappa shape index (κ3) is 1.65. The highest BCUT2D eigenvalue weighted by atomic mass is 32.1. The Bertz CT molecular complexity index is 373. The van der Waals surface area contributed by atoms with Crippen LogP contribution in [0.5, 0.6) is 0 Å². The molecule has 2 aromatic heterocycles. The number of hydrogen-bond donors (Lipinski definition) is 1. The minimum Gasteiger partial charge on any atom is -0.360 e. The van der Waals surface area contributed by atoms with Crippen LogP contribution in [0.3, 0.4) is 0 Å². The molecule has 0 aliphatic carbocycles. The molecule has 0 saturated carbocycles. The maximum absolute atomic E-state index is 4.05. The van der Waals surface area contributed by atoms with Crippen LogP contribution in [0.15, 0.2) is 24.0 Å². The van der Waals surface area contributed by atoms with E-state index in [0.29, 0.717) is 5.92 Å². The lowest BCUT2D eigenvalue weighted by atomic mass is 10.1. The van der Waals surface area contributed by atoms with Crippen molar-refractivity contribution in [2.45, 2.75) is 19.8 Å². The summed E-state index contributed by atoms with van der Waals surface area (Å²) in [5, 5.41) is 0. The zero-order valence-electron chi connectivity index (χ0n) is 7.74. The molecular weight excluding hydrogens is 180 g/mol. The summed E-state index contributed by atoms with van der Waals surface area (Å²) in [6.45, 7) is 4.39. The van der Waals surface area contributed by atoms with Crippen LogP contribution in [-0.4, -0.2) is 9.97 Å². The molecule has 0 saturated heterocycles. The number of nitrogens with zero attached hydrogens (tertiary/aromatic N) is 1. The van der Waals surface area contributed by atoms with Crippen LogP contribution in [0, 0.1) is 0 Å². The number of nitrogens with one attached hydrogen (secondary N) is 1. The van der Waals surface area contributed by atoms with Crippen molar-refractivity contribution < 1.29 is 0 Å². The summed E-state index contributed by atoms with van der Waals surface area (Å²) in [5.74, 6) is 0.581. The van der Waals surface area contributed by atoms with Gasteiger partial charge in [0, 0.05) is 12.4 Å². The molecule has 2 nitrogen and oxygen atoms in total. The number of rotatable bonds is 2. The summed E-state index contributed by atoms with van der Waals surface area (Å²) in [4.78, 5) is 8.51. The number of aromatic amines is 1. The molecule has 0 spiro atoms. The van der Waals surface area contributed by atoms with Crippen LogP contribution in [0.1, 0.15) is 25.3 Å². The van der Waals surface area contributed by atoms with Crippen molar-refractivity contribution in [3.63, 3.8) is 0 Å². The number of H-pyrrole nitrogens is 1. The first kappa shape index (κ1) is 8.51. The van der Waals surface area contributed by atoms with Crippen molar-refractivity contribution in [2.75, 3.05) is 0 Å². The van der Waals surface area contributed by atoms with Crippen LogP contribution >= 0.6 is 11.3 Å². The van der Waals surface area contributed by atoms with Crippen molar-refractivity contribution >= 4 is 11.3 Å². The SMILES string of the molecule is CC(C)c1c[nH]c(-c2cncs2)c1. The molecule has 68 valence electrons. The van der Waals surface area contributed by atoms with Gasteiger partial charge in [-0.15, -0.1) is 11.3 Å². The third-order valence-electron chi connectivity index (χ3n) is 2.07. The van der Waals surface area contributed by atoms with Crippen LogP contribution in [-0.2, 0) is 0 Å². The van der Waals surface area contributed by atoms with Gasteiger partial charge in [0.05, 0.1) is 16.1 Å². The van der Waals surface area contributed by atoms with Gasteiger partial charge in [0.2, 0.25) is 0 Å². The molecule has 0 aliphatic rings. The topological polar surface area (TPSA) is 28.7 Å². The summed E-state index contributed by atoms with van der Waals surface area (Å²) in [6.07, 6.45) is 3.96. The molecule has 13 heavy (non-hydrogen) atoms. The highest BCUT2D eigenvalue weighted by Crippen LogP contribution is 2.25. The van der Waals surface area contributed by atoms with Gasteiger partial charge in [-0.2, -0.15) is 0 Å². The molecule has 0 fully saturated rings. The Kier molecular flexibility index (Phi) is 2.19. The van der Waals surface area contributed by atoms with E-state index in [1.54, 1.807) is 11.3 Å². The molecule has 0 amide bonds. The average molecular weight is 192 g/mol. The number of hydrogen-bond acceptors (Lipinski definition) is 2. The maximum Gasteiger partial charge on any atom is 0.0798 e. The summed E-state index contributed by atoms with van der Waals surface area (Å²) >= 11 is 1.66. The van der Waals surface area contributed by atoms with Crippen LogP contribution < -0.4 is 0 Å². The molecule has 2 heterocycles. The van der Waals surface area contributed by atoms with E-state index in [1.165, 1.54) is 16.1 Å². The fraction of sp³-hybridized carbons (Fsp3) is 0.300. The Balaban J connectivity index is 2.33. The summed E-state index contributed by atoms with van der Waals surface area (Å²) < 4.78 is 0. The quantitative estimate of drug-likeness (QED) is 0.777. The molecule has 2 rings (SSSR count). The predicted molar refractivity (Wildman–Crippen MR) is 56.0 cm³/mol. The van der Waals surface area contributed by atoms with E-state index >= 15 is 0 Å². The predicted octanol–water partition coefficient (Wildman–Crippen LogP) is 3.26.